The topological polar surface area (TPSA) is 82.6 Å². The van der Waals surface area contributed by atoms with E-state index in [0.29, 0.717) is 22.6 Å². The number of hydrogen-bond donors (Lipinski definition) is 2. The number of anilines is 1. The molecule has 1 unspecified atom stereocenters. The van der Waals surface area contributed by atoms with Crippen LogP contribution in [0, 0.1) is 0 Å². The second-order valence-electron chi connectivity index (χ2n) is 8.49. The number of amides is 1. The van der Waals surface area contributed by atoms with Crippen molar-refractivity contribution in [3.05, 3.63) is 102 Å². The maximum atomic E-state index is 13.3. The molecule has 1 saturated heterocycles. The van der Waals surface area contributed by atoms with E-state index >= 15 is 0 Å². The summed E-state index contributed by atoms with van der Waals surface area (Å²) in [5.74, 6) is -0.923. The van der Waals surface area contributed by atoms with Gasteiger partial charge < -0.3 is 14.8 Å². The van der Waals surface area contributed by atoms with Crippen LogP contribution < -0.4 is 9.64 Å². The Morgan fingerprint density at radius 3 is 2.32 bits per heavy atom. The Morgan fingerprint density at radius 1 is 0.941 bits per heavy atom. The number of aromatic nitrogens is 1. The number of ketones is 1. The van der Waals surface area contributed by atoms with Gasteiger partial charge in [0.1, 0.15) is 11.5 Å². The number of Topliss-reactive ketones (excluding diaryl/α,β-unsaturated/α-hetero) is 1. The molecule has 1 fully saturated rings. The maximum absolute atomic E-state index is 13.3. The van der Waals surface area contributed by atoms with Crippen LogP contribution in [0.4, 0.5) is 5.69 Å². The highest BCUT2D eigenvalue weighted by atomic mass is 16.5. The first-order valence-electron chi connectivity index (χ1n) is 11.1. The van der Waals surface area contributed by atoms with Crippen LogP contribution >= 0.6 is 0 Å². The van der Waals surface area contributed by atoms with Crippen LogP contribution in [0.25, 0.3) is 16.7 Å². The Morgan fingerprint density at radius 2 is 1.62 bits per heavy atom. The molecule has 6 heteroatoms. The first-order valence-corrected chi connectivity index (χ1v) is 11.1. The molecule has 0 saturated carbocycles. The first-order chi connectivity index (χ1) is 16.5. The SMILES string of the molecule is CC(C)Oc1ccc(C2/C(=C(/O)c3c[nH]c4ccccc34)C(=O)C(=O)N2c2ccccc2)cc1. The van der Waals surface area contributed by atoms with Gasteiger partial charge in [0.2, 0.25) is 0 Å². The number of nitrogens with one attached hydrogen (secondary N) is 1. The molecule has 2 N–H and O–H groups in total. The summed E-state index contributed by atoms with van der Waals surface area (Å²) in [7, 11) is 0. The molecule has 5 rings (SSSR count). The Balaban J connectivity index is 1.70. The number of aromatic amines is 1. The number of carbonyl (C=O) groups excluding carboxylic acids is 2. The van der Waals surface area contributed by atoms with Gasteiger partial charge in [-0.1, -0.05) is 48.5 Å². The van der Waals surface area contributed by atoms with Crippen molar-refractivity contribution in [2.24, 2.45) is 0 Å². The van der Waals surface area contributed by atoms with E-state index in [4.69, 9.17) is 4.74 Å². The van der Waals surface area contributed by atoms with Crippen molar-refractivity contribution in [1.29, 1.82) is 0 Å². The number of ether oxygens (including phenoxy) is 1. The molecule has 4 aromatic rings. The predicted octanol–water partition coefficient (Wildman–Crippen LogP) is 5.58. The molecule has 1 aliphatic heterocycles. The van der Waals surface area contributed by atoms with E-state index in [1.807, 2.05) is 80.6 Å². The molecule has 0 bridgehead atoms. The van der Waals surface area contributed by atoms with Gasteiger partial charge in [0.15, 0.2) is 0 Å². The average molecular weight is 453 g/mol. The van der Waals surface area contributed by atoms with Gasteiger partial charge >= 0.3 is 0 Å². The minimum absolute atomic E-state index is 0.0164. The molecule has 34 heavy (non-hydrogen) atoms. The molecule has 6 nitrogen and oxygen atoms in total. The summed E-state index contributed by atoms with van der Waals surface area (Å²) in [4.78, 5) is 31.1. The van der Waals surface area contributed by atoms with Crippen molar-refractivity contribution >= 4 is 34.0 Å². The van der Waals surface area contributed by atoms with Crippen molar-refractivity contribution in [1.82, 2.24) is 4.98 Å². The quantitative estimate of drug-likeness (QED) is 0.235. The van der Waals surface area contributed by atoms with Crippen molar-refractivity contribution in [3.8, 4) is 5.75 Å². The van der Waals surface area contributed by atoms with Crippen LogP contribution in [-0.2, 0) is 9.59 Å². The lowest BCUT2D eigenvalue weighted by atomic mass is 9.95. The minimum Gasteiger partial charge on any atom is -0.507 e. The zero-order chi connectivity index (χ0) is 23.8. The molecule has 170 valence electrons. The summed E-state index contributed by atoms with van der Waals surface area (Å²) >= 11 is 0. The number of H-pyrrole nitrogens is 1. The normalized spacial score (nSPS) is 17.6. The van der Waals surface area contributed by atoms with Gasteiger partial charge in [-0.25, -0.2) is 0 Å². The highest BCUT2D eigenvalue weighted by Crippen LogP contribution is 2.43. The highest BCUT2D eigenvalue weighted by molar-refractivity contribution is 6.51. The van der Waals surface area contributed by atoms with E-state index in [9.17, 15) is 14.7 Å². The second kappa shape index (κ2) is 8.56. The second-order valence-corrected chi connectivity index (χ2v) is 8.49. The summed E-state index contributed by atoms with van der Waals surface area (Å²) in [5.41, 5.74) is 2.63. The Hall–Kier alpha value is -4.32. The zero-order valence-corrected chi connectivity index (χ0v) is 18.9. The molecular weight excluding hydrogens is 428 g/mol. The number of hydrogen-bond acceptors (Lipinski definition) is 4. The van der Waals surface area contributed by atoms with Gasteiger partial charge in [0.25, 0.3) is 11.7 Å². The van der Waals surface area contributed by atoms with Crippen molar-refractivity contribution in [3.63, 3.8) is 0 Å². The van der Waals surface area contributed by atoms with E-state index in [2.05, 4.69) is 4.98 Å². The van der Waals surface area contributed by atoms with Crippen LogP contribution in [0.3, 0.4) is 0 Å². The lowest BCUT2D eigenvalue weighted by Gasteiger charge is -2.25. The summed E-state index contributed by atoms with van der Waals surface area (Å²) in [6.45, 7) is 3.89. The van der Waals surface area contributed by atoms with Crippen molar-refractivity contribution in [2.45, 2.75) is 26.0 Å². The van der Waals surface area contributed by atoms with Gasteiger partial charge in [0, 0.05) is 28.4 Å². The van der Waals surface area contributed by atoms with Crippen molar-refractivity contribution < 1.29 is 19.4 Å². The monoisotopic (exact) mass is 452 g/mol. The molecule has 1 aromatic heterocycles. The number of carbonyl (C=O) groups is 2. The third-order valence-corrected chi connectivity index (χ3v) is 5.89. The van der Waals surface area contributed by atoms with Crippen LogP contribution in [0.2, 0.25) is 0 Å². The molecule has 1 atom stereocenters. The summed E-state index contributed by atoms with van der Waals surface area (Å²) < 4.78 is 5.75. The van der Waals surface area contributed by atoms with Gasteiger partial charge in [-0.05, 0) is 49.7 Å². The minimum atomic E-state index is -0.788. The van der Waals surface area contributed by atoms with Gasteiger partial charge in [-0.3, -0.25) is 14.5 Å². The van der Waals surface area contributed by atoms with E-state index in [1.165, 1.54) is 4.90 Å². The van der Waals surface area contributed by atoms with Crippen LogP contribution in [0.5, 0.6) is 5.75 Å². The highest BCUT2D eigenvalue weighted by Gasteiger charge is 2.47. The van der Waals surface area contributed by atoms with E-state index in [-0.39, 0.29) is 17.4 Å². The molecule has 2 heterocycles. The maximum Gasteiger partial charge on any atom is 0.300 e. The van der Waals surface area contributed by atoms with Gasteiger partial charge in [-0.15, -0.1) is 0 Å². The van der Waals surface area contributed by atoms with Crippen LogP contribution in [0.15, 0.2) is 90.6 Å². The van der Waals surface area contributed by atoms with Crippen LogP contribution in [0.1, 0.15) is 31.0 Å². The number of nitrogens with zero attached hydrogens (tertiary/aromatic N) is 1. The fourth-order valence-corrected chi connectivity index (χ4v) is 4.42. The number of benzene rings is 3. The molecule has 0 spiro atoms. The Kier molecular flexibility index (Phi) is 5.42. The number of rotatable bonds is 5. The molecular formula is C28H24N2O4. The summed E-state index contributed by atoms with van der Waals surface area (Å²) in [6.07, 6.45) is 1.68. The lowest BCUT2D eigenvalue weighted by Crippen LogP contribution is -2.29. The number of aliphatic hydroxyl groups is 1. The Bertz CT molecular complexity index is 1400. The molecule has 1 amide bonds. The van der Waals surface area contributed by atoms with Gasteiger partial charge in [-0.2, -0.15) is 0 Å². The van der Waals surface area contributed by atoms with E-state index < -0.39 is 17.7 Å². The average Bonchev–Trinajstić information content (AvgIpc) is 3.39. The fraction of sp³-hybridized carbons (Fsp3) is 0.143. The smallest absolute Gasteiger partial charge is 0.300 e. The Labute approximate surface area is 197 Å². The van der Waals surface area contributed by atoms with Crippen LogP contribution in [-0.4, -0.2) is 27.9 Å². The number of para-hydroxylation sites is 2. The molecule has 0 aliphatic carbocycles. The molecule has 0 radical (unpaired) electrons. The third kappa shape index (κ3) is 3.63. The largest absolute Gasteiger partial charge is 0.507 e. The number of aliphatic hydroxyl groups excluding tert-OH is 1. The summed E-state index contributed by atoms with van der Waals surface area (Å²) in [5, 5.41) is 12.2. The lowest BCUT2D eigenvalue weighted by molar-refractivity contribution is -0.132. The third-order valence-electron chi connectivity index (χ3n) is 5.89. The zero-order valence-electron chi connectivity index (χ0n) is 18.9. The predicted molar refractivity (Wildman–Crippen MR) is 132 cm³/mol. The van der Waals surface area contributed by atoms with E-state index in [1.54, 1.807) is 18.3 Å². The fourth-order valence-electron chi connectivity index (χ4n) is 4.42. The number of fused-ring (bicyclic) bond motifs is 1. The molecule has 3 aromatic carbocycles. The van der Waals surface area contributed by atoms with E-state index in [0.717, 1.165) is 10.9 Å². The molecule has 1 aliphatic rings. The summed E-state index contributed by atoms with van der Waals surface area (Å²) in [6, 6.07) is 23.0. The first kappa shape index (κ1) is 21.5. The standard InChI is InChI=1S/C28H24N2O4/c1-17(2)34-20-14-12-18(13-15-20)25-24(26(31)22-16-29-23-11-7-6-10-21(22)23)27(32)28(33)30(25)19-8-4-3-5-9-19/h3-17,25,29,31H,1-2H3/b26-24-. The van der Waals surface area contributed by atoms with Gasteiger partial charge in [0.05, 0.1) is 17.7 Å². The van der Waals surface area contributed by atoms with Crippen molar-refractivity contribution in [2.75, 3.05) is 4.90 Å².